The van der Waals surface area contributed by atoms with E-state index in [1.807, 2.05) is 18.2 Å². The first-order valence-corrected chi connectivity index (χ1v) is 10.4. The molecule has 2 aromatic carbocycles. The van der Waals surface area contributed by atoms with Crippen LogP contribution in [0.5, 0.6) is 0 Å². The summed E-state index contributed by atoms with van der Waals surface area (Å²) in [6.45, 7) is 2.06. The van der Waals surface area contributed by atoms with E-state index in [1.165, 1.54) is 6.42 Å². The molecular weight excluding hydrogens is 348 g/mol. The van der Waals surface area contributed by atoms with Gasteiger partial charge in [0.1, 0.15) is 0 Å². The fourth-order valence-corrected chi connectivity index (χ4v) is 4.82. The Balaban J connectivity index is 1.50. The molecule has 2 amide bonds. The summed E-state index contributed by atoms with van der Waals surface area (Å²) in [4.78, 5) is 25.3. The van der Waals surface area contributed by atoms with E-state index in [9.17, 15) is 9.59 Å². The van der Waals surface area contributed by atoms with Gasteiger partial charge in [0, 0.05) is 17.3 Å². The van der Waals surface area contributed by atoms with Crippen LogP contribution in [0.25, 0.3) is 11.1 Å². The molecule has 1 heterocycles. The molecule has 4 nitrogen and oxygen atoms in total. The number of nitrogens with one attached hydrogen (secondary N) is 2. The summed E-state index contributed by atoms with van der Waals surface area (Å²) in [5, 5.41) is 6.20. The number of hydrogen-bond donors (Lipinski definition) is 2. The largest absolute Gasteiger partial charge is 0.349 e. The molecule has 0 saturated heterocycles. The lowest BCUT2D eigenvalue weighted by Gasteiger charge is -2.31. The Hall–Kier alpha value is -2.62. The molecule has 0 bridgehead atoms. The van der Waals surface area contributed by atoms with Crippen molar-refractivity contribution in [3.63, 3.8) is 0 Å². The molecular formula is C24H26N2O2. The van der Waals surface area contributed by atoms with Crippen molar-refractivity contribution in [2.24, 2.45) is 0 Å². The van der Waals surface area contributed by atoms with Gasteiger partial charge < -0.3 is 10.6 Å². The number of rotatable bonds is 3. The van der Waals surface area contributed by atoms with Crippen molar-refractivity contribution in [2.45, 2.75) is 63.3 Å². The molecule has 1 aliphatic heterocycles. The van der Waals surface area contributed by atoms with Crippen molar-refractivity contribution in [1.29, 1.82) is 0 Å². The number of aryl methyl sites for hydroxylation is 1. The maximum atomic E-state index is 12.8. The van der Waals surface area contributed by atoms with E-state index in [0.717, 1.165) is 66.5 Å². The Bertz CT molecular complexity index is 969. The Kier molecular flexibility index (Phi) is 4.04. The topological polar surface area (TPSA) is 58.2 Å². The third-order valence-electron chi connectivity index (χ3n) is 6.65. The number of hydrogen-bond acceptors (Lipinski definition) is 2. The lowest BCUT2D eigenvalue weighted by Crippen LogP contribution is -2.36. The van der Waals surface area contributed by atoms with Crippen molar-refractivity contribution in [2.75, 3.05) is 5.32 Å². The second kappa shape index (κ2) is 6.47. The third-order valence-corrected chi connectivity index (χ3v) is 6.65. The van der Waals surface area contributed by atoms with Gasteiger partial charge in [0.05, 0.1) is 5.41 Å². The summed E-state index contributed by atoms with van der Waals surface area (Å²) in [6.07, 6.45) is 7.50. The predicted octanol–water partition coefficient (Wildman–Crippen LogP) is 4.71. The highest BCUT2D eigenvalue weighted by Crippen LogP contribution is 2.48. The lowest BCUT2D eigenvalue weighted by atomic mass is 9.70. The zero-order valence-electron chi connectivity index (χ0n) is 16.3. The van der Waals surface area contributed by atoms with Crippen molar-refractivity contribution in [1.82, 2.24) is 5.32 Å². The van der Waals surface area contributed by atoms with Crippen molar-refractivity contribution in [3.05, 3.63) is 53.1 Å². The second-order valence-electron chi connectivity index (χ2n) is 8.63. The molecule has 1 spiro atoms. The van der Waals surface area contributed by atoms with Gasteiger partial charge in [0.2, 0.25) is 5.91 Å². The van der Waals surface area contributed by atoms with Crippen LogP contribution in [0.4, 0.5) is 5.69 Å². The van der Waals surface area contributed by atoms with Gasteiger partial charge in [-0.1, -0.05) is 37.5 Å². The van der Waals surface area contributed by atoms with Gasteiger partial charge in [0.15, 0.2) is 0 Å². The van der Waals surface area contributed by atoms with Crippen LogP contribution in [0, 0.1) is 6.92 Å². The van der Waals surface area contributed by atoms with Gasteiger partial charge in [-0.15, -0.1) is 0 Å². The first-order valence-electron chi connectivity index (χ1n) is 10.4. The summed E-state index contributed by atoms with van der Waals surface area (Å²) in [5.41, 5.74) is 5.68. The van der Waals surface area contributed by atoms with Crippen molar-refractivity contribution < 1.29 is 9.59 Å². The molecule has 0 radical (unpaired) electrons. The van der Waals surface area contributed by atoms with Crippen LogP contribution in [0.15, 0.2) is 36.4 Å². The van der Waals surface area contributed by atoms with E-state index in [1.54, 1.807) is 0 Å². The molecule has 2 aromatic rings. The number of benzene rings is 2. The molecule has 4 heteroatoms. The SMILES string of the molecule is Cc1ccc(C(=O)NC2CC2)cc1-c1ccc2c(c1)NC(=O)C21CCCCC1. The highest BCUT2D eigenvalue weighted by atomic mass is 16.2. The van der Waals surface area contributed by atoms with Crippen molar-refractivity contribution >= 4 is 17.5 Å². The van der Waals surface area contributed by atoms with Crippen LogP contribution >= 0.6 is 0 Å². The van der Waals surface area contributed by atoms with E-state index in [0.29, 0.717) is 11.6 Å². The average Bonchev–Trinajstić information content (AvgIpc) is 3.48. The van der Waals surface area contributed by atoms with Crippen LogP contribution in [0.3, 0.4) is 0 Å². The zero-order valence-corrected chi connectivity index (χ0v) is 16.3. The maximum absolute atomic E-state index is 12.8. The van der Waals surface area contributed by atoms with E-state index in [4.69, 9.17) is 0 Å². The number of fused-ring (bicyclic) bond motifs is 2. The van der Waals surface area contributed by atoms with Gasteiger partial charge in [-0.05, 0) is 73.1 Å². The molecule has 2 fully saturated rings. The predicted molar refractivity (Wildman–Crippen MR) is 110 cm³/mol. The highest BCUT2D eigenvalue weighted by molar-refractivity contribution is 6.07. The number of carbonyl (C=O) groups is 2. The van der Waals surface area contributed by atoms with Crippen LogP contribution in [0.2, 0.25) is 0 Å². The Labute approximate surface area is 165 Å². The Morgan fingerprint density at radius 3 is 2.61 bits per heavy atom. The van der Waals surface area contributed by atoms with Gasteiger partial charge in [0.25, 0.3) is 5.91 Å². The Morgan fingerprint density at radius 2 is 1.86 bits per heavy atom. The van der Waals surface area contributed by atoms with Crippen molar-refractivity contribution in [3.8, 4) is 11.1 Å². The summed E-state index contributed by atoms with van der Waals surface area (Å²) < 4.78 is 0. The number of amides is 2. The number of carbonyl (C=O) groups excluding carboxylic acids is 2. The summed E-state index contributed by atoms with van der Waals surface area (Å²) >= 11 is 0. The monoisotopic (exact) mass is 374 g/mol. The summed E-state index contributed by atoms with van der Waals surface area (Å²) in [6, 6.07) is 12.5. The van der Waals surface area contributed by atoms with Gasteiger partial charge >= 0.3 is 0 Å². The molecule has 2 N–H and O–H groups in total. The van der Waals surface area contributed by atoms with E-state index in [-0.39, 0.29) is 17.2 Å². The molecule has 0 unspecified atom stereocenters. The van der Waals surface area contributed by atoms with E-state index >= 15 is 0 Å². The first kappa shape index (κ1) is 17.5. The quantitative estimate of drug-likeness (QED) is 0.817. The molecule has 2 saturated carbocycles. The third kappa shape index (κ3) is 2.83. The smallest absolute Gasteiger partial charge is 0.251 e. The molecule has 3 aliphatic rings. The van der Waals surface area contributed by atoms with Crippen LogP contribution in [0.1, 0.15) is 66.4 Å². The molecule has 2 aliphatic carbocycles. The zero-order chi connectivity index (χ0) is 19.3. The maximum Gasteiger partial charge on any atom is 0.251 e. The average molecular weight is 374 g/mol. The Morgan fingerprint density at radius 1 is 1.07 bits per heavy atom. The normalized spacial score (nSPS) is 20.0. The fraction of sp³-hybridized carbons (Fsp3) is 0.417. The molecule has 28 heavy (non-hydrogen) atoms. The van der Waals surface area contributed by atoms with Gasteiger partial charge in [-0.2, -0.15) is 0 Å². The second-order valence-corrected chi connectivity index (χ2v) is 8.63. The van der Waals surface area contributed by atoms with Crippen LogP contribution in [-0.2, 0) is 10.2 Å². The molecule has 144 valence electrons. The van der Waals surface area contributed by atoms with Gasteiger partial charge in [-0.25, -0.2) is 0 Å². The minimum Gasteiger partial charge on any atom is -0.349 e. The minimum absolute atomic E-state index is 0.000582. The minimum atomic E-state index is -0.326. The highest BCUT2D eigenvalue weighted by Gasteiger charge is 2.47. The molecule has 0 aromatic heterocycles. The fourth-order valence-electron chi connectivity index (χ4n) is 4.82. The standard InChI is InChI=1S/C24H26N2O2/c1-15-5-6-17(22(27)25-18-8-9-18)13-19(15)16-7-10-20-21(14-16)26-23(28)24(20)11-3-2-4-12-24/h5-7,10,13-14,18H,2-4,8-9,11-12H2,1H3,(H,25,27)(H,26,28). The van der Waals surface area contributed by atoms with Crippen LogP contribution in [-0.4, -0.2) is 17.9 Å². The summed E-state index contributed by atoms with van der Waals surface area (Å²) in [5.74, 6) is 0.160. The molecule has 0 atom stereocenters. The molecule has 5 rings (SSSR count). The first-order chi connectivity index (χ1) is 13.6. The summed E-state index contributed by atoms with van der Waals surface area (Å²) in [7, 11) is 0. The lowest BCUT2D eigenvalue weighted by molar-refractivity contribution is -0.121. The van der Waals surface area contributed by atoms with Gasteiger partial charge in [-0.3, -0.25) is 9.59 Å². The van der Waals surface area contributed by atoms with E-state index in [2.05, 4.69) is 35.8 Å². The number of anilines is 1. The van der Waals surface area contributed by atoms with E-state index < -0.39 is 0 Å². The van der Waals surface area contributed by atoms with Crippen LogP contribution < -0.4 is 10.6 Å².